The standard InChI is InChI=1S/C70H129NO13/c1-3-5-7-9-11-13-15-17-19-21-22-23-24-25-26-27-28-29-30-31-32-33-34-35-36-38-40-42-44-46-48-50-52-54-62(75)71-58(59(74)53-51-49-47-45-43-41-39-37-20-18-16-14-12-10-8-6-4-2)57-81-69-67(80)65(78)68(61(56-73)83-69)84-70-66(79)64(77)63(76)60(55-72)82-70/h5,7,11,13,17,19,22-23,58-61,63-70,72-74,76-80H,3-4,6,8-10,12,14-16,18,20-21,24-57H2,1-2H3,(H,71,75)/b7-5-,13-11-,19-17-,23-22-. The molecule has 9 N–H and O–H groups in total. The van der Waals surface area contributed by atoms with Crippen LogP contribution in [0.3, 0.4) is 0 Å². The van der Waals surface area contributed by atoms with Gasteiger partial charge in [-0.1, -0.05) is 287 Å². The Balaban J connectivity index is 1.62. The van der Waals surface area contributed by atoms with Crippen molar-refractivity contribution < 1.29 is 64.6 Å². The molecule has 0 radical (unpaired) electrons. The van der Waals surface area contributed by atoms with Gasteiger partial charge in [-0.25, -0.2) is 0 Å². The van der Waals surface area contributed by atoms with Crippen molar-refractivity contribution in [3.63, 3.8) is 0 Å². The average Bonchev–Trinajstić information content (AvgIpc) is 3.17. The Morgan fingerprint density at radius 3 is 1.26 bits per heavy atom. The molecule has 1 amide bonds. The minimum atomic E-state index is -1.78. The number of hydrogen-bond acceptors (Lipinski definition) is 13. The van der Waals surface area contributed by atoms with Gasteiger partial charge >= 0.3 is 0 Å². The van der Waals surface area contributed by atoms with Gasteiger partial charge in [-0.2, -0.15) is 0 Å². The highest BCUT2D eigenvalue weighted by Gasteiger charge is 2.51. The molecule has 0 aromatic carbocycles. The summed E-state index contributed by atoms with van der Waals surface area (Å²) in [5, 5.41) is 87.5. The molecule has 0 aromatic rings. The third kappa shape index (κ3) is 39.1. The highest BCUT2D eigenvalue weighted by Crippen LogP contribution is 2.30. The first kappa shape index (κ1) is 78.0. The predicted molar refractivity (Wildman–Crippen MR) is 341 cm³/mol. The summed E-state index contributed by atoms with van der Waals surface area (Å²) in [6.45, 7) is 2.78. The molecule has 492 valence electrons. The van der Waals surface area contributed by atoms with Crippen molar-refractivity contribution in [2.24, 2.45) is 0 Å². The zero-order chi connectivity index (χ0) is 60.9. The number of aliphatic hydroxyl groups is 8. The summed E-state index contributed by atoms with van der Waals surface area (Å²) in [4.78, 5) is 13.3. The largest absolute Gasteiger partial charge is 0.394 e. The molecule has 14 nitrogen and oxygen atoms in total. The molecule has 2 aliphatic rings. The number of unbranched alkanes of at least 4 members (excludes halogenated alkanes) is 36. The van der Waals surface area contributed by atoms with Crippen LogP contribution < -0.4 is 5.32 Å². The van der Waals surface area contributed by atoms with Crippen molar-refractivity contribution in [2.45, 2.75) is 370 Å². The summed E-state index contributed by atoms with van der Waals surface area (Å²) >= 11 is 0. The molecule has 0 aliphatic carbocycles. The van der Waals surface area contributed by atoms with Crippen LogP contribution in [0.25, 0.3) is 0 Å². The van der Waals surface area contributed by atoms with Crippen LogP contribution in [0.1, 0.15) is 296 Å². The van der Waals surface area contributed by atoms with E-state index in [0.717, 1.165) is 77.0 Å². The second-order valence-electron chi connectivity index (χ2n) is 24.6. The number of hydrogen-bond donors (Lipinski definition) is 9. The minimum Gasteiger partial charge on any atom is -0.394 e. The van der Waals surface area contributed by atoms with E-state index in [-0.39, 0.29) is 12.5 Å². The Morgan fingerprint density at radius 2 is 0.821 bits per heavy atom. The van der Waals surface area contributed by atoms with Crippen molar-refractivity contribution >= 4 is 5.91 Å². The second kappa shape index (κ2) is 55.1. The number of aliphatic hydroxyl groups excluding tert-OH is 8. The molecule has 12 atom stereocenters. The van der Waals surface area contributed by atoms with Crippen LogP contribution in [-0.4, -0.2) is 140 Å². The molecular formula is C70H129NO13. The summed E-state index contributed by atoms with van der Waals surface area (Å²) in [6.07, 6.45) is 54.1. The van der Waals surface area contributed by atoms with Gasteiger partial charge in [0.2, 0.25) is 5.91 Å². The number of carbonyl (C=O) groups excluding carboxylic acids is 1. The summed E-state index contributed by atoms with van der Waals surface area (Å²) in [6, 6.07) is -0.828. The molecule has 2 heterocycles. The maximum Gasteiger partial charge on any atom is 0.220 e. The number of ether oxygens (including phenoxy) is 4. The zero-order valence-corrected chi connectivity index (χ0v) is 53.4. The molecule has 2 rings (SSSR count). The Morgan fingerprint density at radius 1 is 0.440 bits per heavy atom. The predicted octanol–water partition coefficient (Wildman–Crippen LogP) is 13.9. The van der Waals surface area contributed by atoms with Crippen LogP contribution in [0.15, 0.2) is 48.6 Å². The monoisotopic (exact) mass is 1190 g/mol. The first-order chi connectivity index (χ1) is 41.1. The number of carbonyl (C=O) groups is 1. The lowest BCUT2D eigenvalue weighted by molar-refractivity contribution is -0.359. The van der Waals surface area contributed by atoms with Crippen molar-refractivity contribution in [1.29, 1.82) is 0 Å². The molecule has 0 spiro atoms. The minimum absolute atomic E-state index is 0.202. The van der Waals surface area contributed by atoms with E-state index < -0.39 is 86.8 Å². The van der Waals surface area contributed by atoms with Crippen LogP contribution in [0.4, 0.5) is 0 Å². The van der Waals surface area contributed by atoms with Crippen LogP contribution in [0.5, 0.6) is 0 Å². The quantitative estimate of drug-likeness (QED) is 0.0204. The third-order valence-corrected chi connectivity index (χ3v) is 17.1. The summed E-state index contributed by atoms with van der Waals surface area (Å²) in [5.74, 6) is -0.202. The van der Waals surface area contributed by atoms with Crippen LogP contribution in [-0.2, 0) is 23.7 Å². The van der Waals surface area contributed by atoms with E-state index in [1.54, 1.807) is 0 Å². The van der Waals surface area contributed by atoms with Gasteiger partial charge in [0, 0.05) is 6.42 Å². The first-order valence-electron chi connectivity index (χ1n) is 34.9. The number of amides is 1. The third-order valence-electron chi connectivity index (χ3n) is 17.1. The van der Waals surface area contributed by atoms with Crippen LogP contribution >= 0.6 is 0 Å². The van der Waals surface area contributed by atoms with E-state index in [0.29, 0.717) is 12.8 Å². The molecule has 0 bridgehead atoms. The molecule has 2 aliphatic heterocycles. The lowest BCUT2D eigenvalue weighted by Crippen LogP contribution is -2.65. The van der Waals surface area contributed by atoms with E-state index in [1.807, 2.05) is 0 Å². The smallest absolute Gasteiger partial charge is 0.220 e. The lowest BCUT2D eigenvalue weighted by Gasteiger charge is -2.46. The van der Waals surface area contributed by atoms with E-state index in [9.17, 15) is 45.6 Å². The average molecular weight is 1190 g/mol. The summed E-state index contributed by atoms with van der Waals surface area (Å²) < 4.78 is 22.9. The fraction of sp³-hybridized carbons (Fsp3) is 0.871. The Labute approximate surface area is 512 Å². The van der Waals surface area contributed by atoms with Crippen LogP contribution in [0.2, 0.25) is 0 Å². The van der Waals surface area contributed by atoms with Gasteiger partial charge in [0.05, 0.1) is 32.0 Å². The van der Waals surface area contributed by atoms with E-state index in [2.05, 4.69) is 67.8 Å². The van der Waals surface area contributed by atoms with Gasteiger partial charge < -0.3 is 65.1 Å². The fourth-order valence-corrected chi connectivity index (χ4v) is 11.5. The van der Waals surface area contributed by atoms with Crippen molar-refractivity contribution in [3.8, 4) is 0 Å². The van der Waals surface area contributed by atoms with E-state index in [1.165, 1.54) is 193 Å². The summed E-state index contributed by atoms with van der Waals surface area (Å²) in [5.41, 5.74) is 0. The molecule has 12 unspecified atom stereocenters. The van der Waals surface area contributed by atoms with Gasteiger partial charge in [-0.3, -0.25) is 4.79 Å². The molecule has 0 aromatic heterocycles. The lowest BCUT2D eigenvalue weighted by atomic mass is 9.97. The highest BCUT2D eigenvalue weighted by molar-refractivity contribution is 5.76. The van der Waals surface area contributed by atoms with E-state index >= 15 is 0 Å². The SMILES string of the molecule is CC/C=C\C/C=C\C/C=C\C/C=C\CCCCCCCCCCCCCCCCCCCCCCC(=O)NC(COC1OC(CO)C(OC2OC(CO)C(O)C(O)C2O)C(O)C1O)C(O)CCCCCCCCCCCCCCCCCCC. The first-order valence-corrected chi connectivity index (χ1v) is 34.9. The topological polar surface area (TPSA) is 228 Å². The van der Waals surface area contributed by atoms with Gasteiger partial charge in [0.25, 0.3) is 0 Å². The van der Waals surface area contributed by atoms with Crippen molar-refractivity contribution in [3.05, 3.63) is 48.6 Å². The van der Waals surface area contributed by atoms with Crippen molar-refractivity contribution in [1.82, 2.24) is 5.32 Å². The number of allylic oxidation sites excluding steroid dienone is 8. The number of nitrogens with one attached hydrogen (secondary N) is 1. The fourth-order valence-electron chi connectivity index (χ4n) is 11.5. The molecule has 2 fully saturated rings. The second-order valence-corrected chi connectivity index (χ2v) is 24.6. The molecule has 2 saturated heterocycles. The van der Waals surface area contributed by atoms with E-state index in [4.69, 9.17) is 18.9 Å². The highest BCUT2D eigenvalue weighted by atomic mass is 16.7. The maximum absolute atomic E-state index is 13.3. The normalized spacial score (nSPS) is 23.9. The van der Waals surface area contributed by atoms with Gasteiger partial charge in [-0.05, 0) is 51.4 Å². The Bertz CT molecular complexity index is 1590. The Kier molecular flexibility index (Phi) is 51.1. The van der Waals surface area contributed by atoms with Crippen molar-refractivity contribution in [2.75, 3.05) is 19.8 Å². The molecular weight excluding hydrogens is 1060 g/mol. The van der Waals surface area contributed by atoms with Crippen LogP contribution in [0, 0.1) is 0 Å². The molecule has 0 saturated carbocycles. The Hall–Kier alpha value is -2.05. The van der Waals surface area contributed by atoms with Gasteiger partial charge in [0.1, 0.15) is 48.8 Å². The maximum atomic E-state index is 13.3. The molecule has 84 heavy (non-hydrogen) atoms. The summed E-state index contributed by atoms with van der Waals surface area (Å²) in [7, 11) is 0. The van der Waals surface area contributed by atoms with Gasteiger partial charge in [-0.15, -0.1) is 0 Å². The van der Waals surface area contributed by atoms with Gasteiger partial charge in [0.15, 0.2) is 12.6 Å². The molecule has 14 heteroatoms. The number of rotatable bonds is 57. The zero-order valence-electron chi connectivity index (χ0n) is 53.4.